The molecule has 0 bridgehead atoms. The second-order valence-corrected chi connectivity index (χ2v) is 11.1. The second-order valence-electron chi connectivity index (χ2n) is 11.1. The zero-order valence-corrected chi connectivity index (χ0v) is 22.8. The van der Waals surface area contributed by atoms with Gasteiger partial charge in [-0.3, -0.25) is 9.59 Å². The predicted molar refractivity (Wildman–Crippen MR) is 150 cm³/mol. The van der Waals surface area contributed by atoms with Crippen LogP contribution in [0.2, 0.25) is 0 Å². The molecule has 3 aromatic carbocycles. The number of aromatic nitrogens is 1. The average Bonchev–Trinajstić information content (AvgIpc) is 3.45. The van der Waals surface area contributed by atoms with Crippen LogP contribution in [0.4, 0.5) is 4.39 Å². The monoisotopic (exact) mass is 582 g/mol. The molecule has 0 amide bonds. The highest BCUT2D eigenvalue weighted by Gasteiger charge is 2.62. The molecule has 0 saturated heterocycles. The van der Waals surface area contributed by atoms with Crippen molar-refractivity contribution in [3.05, 3.63) is 124 Å². The number of hydrogen-bond donors (Lipinski definition) is 3. The molecule has 3 aliphatic rings. The van der Waals surface area contributed by atoms with Crippen molar-refractivity contribution in [2.45, 2.75) is 37.7 Å². The van der Waals surface area contributed by atoms with E-state index >= 15 is 4.39 Å². The van der Waals surface area contributed by atoms with Crippen molar-refractivity contribution >= 4 is 11.6 Å². The van der Waals surface area contributed by atoms with E-state index in [-0.39, 0.29) is 65.7 Å². The van der Waals surface area contributed by atoms with E-state index in [2.05, 4.69) is 5.16 Å². The lowest BCUT2D eigenvalue weighted by molar-refractivity contribution is -0.0356. The van der Waals surface area contributed by atoms with Crippen LogP contribution in [-0.4, -0.2) is 32.5 Å². The minimum Gasteiger partial charge on any atom is -0.508 e. The van der Waals surface area contributed by atoms with E-state index in [0.717, 1.165) is 11.1 Å². The predicted octanol–water partition coefficient (Wildman–Crippen LogP) is 4.79. The summed E-state index contributed by atoms with van der Waals surface area (Å²) >= 11 is 0. The zero-order chi connectivity index (χ0) is 29.9. The number of benzene rings is 3. The molecule has 1 heterocycles. The van der Waals surface area contributed by atoms with Gasteiger partial charge in [-0.25, -0.2) is 4.39 Å². The van der Waals surface area contributed by atoms with Gasteiger partial charge in [0.2, 0.25) is 5.78 Å². The summed E-state index contributed by atoms with van der Waals surface area (Å²) in [6.07, 6.45) is 0.0554. The maximum Gasteiger partial charge on any atom is 0.265 e. The number of aliphatic hydroxyl groups is 2. The van der Waals surface area contributed by atoms with Crippen molar-refractivity contribution < 1.29 is 38.2 Å². The van der Waals surface area contributed by atoms with Crippen LogP contribution >= 0.6 is 0 Å². The standard InChI is InChI=1S/C33H27FN2O7/c34-22-11-12-23(41-15-17-7-3-1-4-8-17)25-20(22)13-19-14-21-27(35)29-26(31(39)33(21,40)30(38)24(19)28(25)37)32(36-43-29)42-16-18-9-5-2-6-10-18/h1-12,19,21,27,38,40H,13-16,35H2/t19-,21-,27-,33-/m0/s1. The lowest BCUT2D eigenvalue weighted by Crippen LogP contribution is -2.58. The smallest absolute Gasteiger partial charge is 0.265 e. The number of aliphatic hydroxyl groups excluding tert-OH is 1. The van der Waals surface area contributed by atoms with Gasteiger partial charge < -0.3 is 29.9 Å². The van der Waals surface area contributed by atoms with E-state index in [1.165, 1.54) is 12.1 Å². The van der Waals surface area contributed by atoms with E-state index < -0.39 is 46.6 Å². The summed E-state index contributed by atoms with van der Waals surface area (Å²) in [5.41, 5.74) is 5.38. The molecule has 10 heteroatoms. The van der Waals surface area contributed by atoms with Gasteiger partial charge in [-0.15, -0.1) is 0 Å². The summed E-state index contributed by atoms with van der Waals surface area (Å²) in [5.74, 6) is -4.82. The van der Waals surface area contributed by atoms with Crippen LogP contribution in [-0.2, 0) is 19.6 Å². The van der Waals surface area contributed by atoms with Gasteiger partial charge in [0.1, 0.15) is 36.1 Å². The number of rotatable bonds is 6. The van der Waals surface area contributed by atoms with Crippen LogP contribution in [0.3, 0.4) is 0 Å². The third kappa shape index (κ3) is 4.16. The van der Waals surface area contributed by atoms with Crippen molar-refractivity contribution in [1.29, 1.82) is 0 Å². The van der Waals surface area contributed by atoms with E-state index in [0.29, 0.717) is 0 Å². The number of allylic oxidation sites excluding steroid dienone is 1. The number of halogens is 1. The summed E-state index contributed by atoms with van der Waals surface area (Å²) in [6, 6.07) is 20.0. The van der Waals surface area contributed by atoms with Gasteiger partial charge in [0.15, 0.2) is 17.1 Å². The van der Waals surface area contributed by atoms with Gasteiger partial charge in [-0.2, -0.15) is 0 Å². The minimum absolute atomic E-state index is 0.0167. The number of Topliss-reactive ketones (excluding diaryl/α,β-unsaturated/α-hetero) is 2. The Morgan fingerprint density at radius 2 is 1.60 bits per heavy atom. The first-order chi connectivity index (χ1) is 20.8. The molecule has 0 unspecified atom stereocenters. The number of fused-ring (bicyclic) bond motifs is 4. The molecule has 0 fully saturated rings. The highest BCUT2D eigenvalue weighted by atomic mass is 19.1. The molecule has 1 aromatic heterocycles. The molecule has 43 heavy (non-hydrogen) atoms. The summed E-state index contributed by atoms with van der Waals surface area (Å²) in [4.78, 5) is 28.0. The van der Waals surface area contributed by atoms with Crippen molar-refractivity contribution in [3.8, 4) is 11.6 Å². The molecule has 7 rings (SSSR count). The maximum absolute atomic E-state index is 15.1. The summed E-state index contributed by atoms with van der Waals surface area (Å²) in [6.45, 7) is 0.188. The SMILES string of the molecule is N[C@@H]1c2onc(OCc3ccccc3)c2C(=O)[C@@]2(O)C(O)=C3C(=O)c4c(OCc5ccccc5)ccc(F)c4C[C@H]3C[C@@H]12. The molecule has 0 saturated carbocycles. The number of carbonyl (C=O) groups excluding carboxylic acids is 2. The molecule has 0 spiro atoms. The van der Waals surface area contributed by atoms with Crippen molar-refractivity contribution in [2.24, 2.45) is 17.6 Å². The lowest BCUT2D eigenvalue weighted by atomic mass is 9.59. The third-order valence-electron chi connectivity index (χ3n) is 8.69. The van der Waals surface area contributed by atoms with Crippen molar-refractivity contribution in [2.75, 3.05) is 0 Å². The first kappa shape index (κ1) is 27.1. The van der Waals surface area contributed by atoms with Gasteiger partial charge >= 0.3 is 0 Å². The molecule has 0 aliphatic heterocycles. The lowest BCUT2D eigenvalue weighted by Gasteiger charge is -2.47. The van der Waals surface area contributed by atoms with Crippen molar-refractivity contribution in [1.82, 2.24) is 5.16 Å². The largest absolute Gasteiger partial charge is 0.508 e. The molecule has 218 valence electrons. The summed E-state index contributed by atoms with van der Waals surface area (Å²) < 4.78 is 32.3. The quantitative estimate of drug-likeness (QED) is 0.292. The Labute approximate surface area is 245 Å². The summed E-state index contributed by atoms with van der Waals surface area (Å²) in [7, 11) is 0. The molecule has 4 aromatic rings. The molecular formula is C33H27FN2O7. The van der Waals surface area contributed by atoms with Crippen LogP contribution in [0.25, 0.3) is 0 Å². The molecular weight excluding hydrogens is 555 g/mol. The number of ether oxygens (including phenoxy) is 2. The summed E-state index contributed by atoms with van der Waals surface area (Å²) in [5, 5.41) is 27.4. The topological polar surface area (TPSA) is 145 Å². The van der Waals surface area contributed by atoms with Crippen LogP contribution in [0.5, 0.6) is 11.6 Å². The Balaban J connectivity index is 1.26. The third-order valence-corrected chi connectivity index (χ3v) is 8.69. The molecule has 4 atom stereocenters. The van der Waals surface area contributed by atoms with Gasteiger partial charge in [-0.05, 0) is 47.2 Å². The Kier molecular flexibility index (Phi) is 6.41. The zero-order valence-electron chi connectivity index (χ0n) is 22.8. The second kappa shape index (κ2) is 10.2. The Bertz CT molecular complexity index is 1790. The normalized spacial score (nSPS) is 24.1. The van der Waals surface area contributed by atoms with E-state index in [1.807, 2.05) is 60.7 Å². The number of hydrogen-bond acceptors (Lipinski definition) is 9. The highest BCUT2D eigenvalue weighted by Crippen LogP contribution is 2.54. The number of carbonyl (C=O) groups is 2. The van der Waals surface area contributed by atoms with Gasteiger partial charge in [0.05, 0.1) is 11.6 Å². The van der Waals surface area contributed by atoms with Crippen LogP contribution in [0, 0.1) is 17.7 Å². The Morgan fingerprint density at radius 3 is 2.28 bits per heavy atom. The number of ketones is 2. The average molecular weight is 583 g/mol. The van der Waals surface area contributed by atoms with Crippen LogP contribution in [0.15, 0.2) is 88.7 Å². The molecule has 9 nitrogen and oxygen atoms in total. The molecule has 0 radical (unpaired) electrons. The van der Waals surface area contributed by atoms with E-state index in [4.69, 9.17) is 19.7 Å². The fourth-order valence-electron chi connectivity index (χ4n) is 6.54. The maximum atomic E-state index is 15.1. The Hall–Kier alpha value is -4.80. The molecule has 3 aliphatic carbocycles. The van der Waals surface area contributed by atoms with Gasteiger partial charge in [0, 0.05) is 17.1 Å². The Morgan fingerprint density at radius 1 is 0.953 bits per heavy atom. The van der Waals surface area contributed by atoms with Crippen molar-refractivity contribution in [3.63, 3.8) is 0 Å². The minimum atomic E-state index is -2.54. The van der Waals surface area contributed by atoms with E-state index in [9.17, 15) is 19.8 Å². The van der Waals surface area contributed by atoms with E-state index in [1.54, 1.807) is 0 Å². The van der Waals surface area contributed by atoms with Gasteiger partial charge in [-0.1, -0.05) is 60.7 Å². The van der Waals surface area contributed by atoms with Crippen LogP contribution in [0.1, 0.15) is 55.6 Å². The van der Waals surface area contributed by atoms with Gasteiger partial charge in [0.25, 0.3) is 5.88 Å². The number of nitrogens with two attached hydrogens (primary N) is 1. The highest BCUT2D eigenvalue weighted by molar-refractivity contribution is 6.16. The first-order valence-electron chi connectivity index (χ1n) is 13.9. The molecule has 4 N–H and O–H groups in total. The first-order valence-corrected chi connectivity index (χ1v) is 13.9. The fourth-order valence-corrected chi connectivity index (χ4v) is 6.54. The number of nitrogens with zero attached hydrogens (tertiary/aromatic N) is 1. The fraction of sp³-hybridized carbons (Fsp3) is 0.242. The van der Waals surface area contributed by atoms with Crippen LogP contribution < -0.4 is 15.2 Å².